The summed E-state index contributed by atoms with van der Waals surface area (Å²) in [5, 5.41) is 15.0. The highest BCUT2D eigenvalue weighted by Crippen LogP contribution is 2.25. The van der Waals surface area contributed by atoms with Crippen molar-refractivity contribution in [2.45, 2.75) is 6.54 Å². The topological polar surface area (TPSA) is 68.5 Å². The van der Waals surface area contributed by atoms with Crippen LogP contribution < -0.4 is 5.32 Å². The quantitative estimate of drug-likeness (QED) is 0.720. The van der Waals surface area contributed by atoms with Crippen molar-refractivity contribution in [2.24, 2.45) is 0 Å². The molecule has 0 saturated heterocycles. The summed E-state index contributed by atoms with van der Waals surface area (Å²) >= 11 is 9.55. The fourth-order valence-electron chi connectivity index (χ4n) is 1.81. The van der Waals surface area contributed by atoms with Crippen molar-refractivity contribution >= 4 is 33.2 Å². The minimum absolute atomic E-state index is 0.568. The van der Waals surface area contributed by atoms with Gasteiger partial charge in [-0.2, -0.15) is 0 Å². The maximum absolute atomic E-state index is 6.20. The van der Waals surface area contributed by atoms with Crippen LogP contribution in [0.3, 0.4) is 0 Å². The first-order valence-corrected chi connectivity index (χ1v) is 7.28. The van der Waals surface area contributed by atoms with Gasteiger partial charge in [-0.3, -0.25) is 0 Å². The van der Waals surface area contributed by atoms with Gasteiger partial charge in [0.05, 0.1) is 28.6 Å². The molecule has 1 N–H and O–H groups in total. The standard InChI is InChI=1S/C13H10BrClN6/c14-13-3-1-2-9(18-13)7-16-12-6-10(4-5-11(12)15)21-8-17-19-20-21/h1-6,8,16H,7H2. The number of anilines is 1. The normalized spacial score (nSPS) is 10.6. The van der Waals surface area contributed by atoms with Crippen LogP contribution >= 0.6 is 27.5 Å². The number of rotatable bonds is 4. The predicted octanol–water partition coefficient (Wildman–Crippen LogP) is 3.09. The van der Waals surface area contributed by atoms with Crippen LogP contribution in [0.5, 0.6) is 0 Å². The molecule has 0 radical (unpaired) electrons. The zero-order valence-electron chi connectivity index (χ0n) is 10.7. The van der Waals surface area contributed by atoms with E-state index in [1.54, 1.807) is 10.7 Å². The third-order valence-corrected chi connectivity index (χ3v) is 3.57. The van der Waals surface area contributed by atoms with Crippen LogP contribution in [0.2, 0.25) is 5.02 Å². The Balaban J connectivity index is 1.80. The van der Waals surface area contributed by atoms with Crippen molar-refractivity contribution in [3.8, 4) is 5.69 Å². The van der Waals surface area contributed by atoms with Gasteiger partial charge in [0.2, 0.25) is 0 Å². The van der Waals surface area contributed by atoms with Gasteiger partial charge in [0.15, 0.2) is 0 Å². The SMILES string of the molecule is Clc1ccc(-n2cnnn2)cc1NCc1cccc(Br)n1. The summed E-state index contributed by atoms with van der Waals surface area (Å²) in [5.74, 6) is 0. The third-order valence-electron chi connectivity index (χ3n) is 2.80. The van der Waals surface area contributed by atoms with Crippen LogP contribution in [0.25, 0.3) is 5.69 Å². The van der Waals surface area contributed by atoms with Gasteiger partial charge in [-0.25, -0.2) is 9.67 Å². The molecule has 0 unspecified atom stereocenters. The highest BCUT2D eigenvalue weighted by Gasteiger charge is 2.05. The molecule has 3 rings (SSSR count). The molecule has 3 aromatic rings. The number of nitrogens with zero attached hydrogens (tertiary/aromatic N) is 5. The minimum Gasteiger partial charge on any atom is -0.378 e. The van der Waals surface area contributed by atoms with E-state index in [0.717, 1.165) is 21.7 Å². The molecule has 6 nitrogen and oxygen atoms in total. The average Bonchev–Trinajstić information content (AvgIpc) is 3.01. The molecule has 106 valence electrons. The largest absolute Gasteiger partial charge is 0.378 e. The van der Waals surface area contributed by atoms with Crippen LogP contribution in [0, 0.1) is 0 Å². The van der Waals surface area contributed by atoms with E-state index in [4.69, 9.17) is 11.6 Å². The summed E-state index contributed by atoms with van der Waals surface area (Å²) in [7, 11) is 0. The zero-order valence-corrected chi connectivity index (χ0v) is 13.1. The Morgan fingerprint density at radius 2 is 2.14 bits per heavy atom. The van der Waals surface area contributed by atoms with E-state index < -0.39 is 0 Å². The lowest BCUT2D eigenvalue weighted by Crippen LogP contribution is -2.03. The van der Waals surface area contributed by atoms with Gasteiger partial charge in [0.1, 0.15) is 10.9 Å². The minimum atomic E-state index is 0.568. The molecule has 2 heterocycles. The van der Waals surface area contributed by atoms with Gasteiger partial charge < -0.3 is 5.32 Å². The summed E-state index contributed by atoms with van der Waals surface area (Å²) in [4.78, 5) is 4.36. The fourth-order valence-corrected chi connectivity index (χ4v) is 2.37. The fraction of sp³-hybridized carbons (Fsp3) is 0.0769. The van der Waals surface area contributed by atoms with E-state index in [1.165, 1.54) is 6.33 Å². The lowest BCUT2D eigenvalue weighted by atomic mass is 10.2. The molecule has 8 heteroatoms. The first-order valence-electron chi connectivity index (χ1n) is 6.10. The second kappa shape index (κ2) is 6.19. The van der Waals surface area contributed by atoms with Crippen molar-refractivity contribution in [3.05, 3.63) is 58.0 Å². The zero-order chi connectivity index (χ0) is 14.7. The number of pyridine rings is 1. The molecule has 0 fully saturated rings. The number of halogens is 2. The molecular weight excluding hydrogens is 356 g/mol. The van der Waals surface area contributed by atoms with E-state index in [0.29, 0.717) is 11.6 Å². The maximum Gasteiger partial charge on any atom is 0.143 e. The Morgan fingerprint density at radius 3 is 2.90 bits per heavy atom. The summed E-state index contributed by atoms with van der Waals surface area (Å²) in [6, 6.07) is 11.3. The molecule has 0 atom stereocenters. The third kappa shape index (κ3) is 3.37. The first-order chi connectivity index (χ1) is 10.2. The highest BCUT2D eigenvalue weighted by atomic mass is 79.9. The maximum atomic E-state index is 6.20. The predicted molar refractivity (Wildman–Crippen MR) is 83.4 cm³/mol. The van der Waals surface area contributed by atoms with Crippen LogP contribution in [-0.4, -0.2) is 25.2 Å². The number of hydrogen-bond donors (Lipinski definition) is 1. The molecule has 0 amide bonds. The number of nitrogens with one attached hydrogen (secondary N) is 1. The smallest absolute Gasteiger partial charge is 0.143 e. The molecule has 0 aliphatic carbocycles. The van der Waals surface area contributed by atoms with E-state index in [9.17, 15) is 0 Å². The van der Waals surface area contributed by atoms with Crippen molar-refractivity contribution < 1.29 is 0 Å². The molecular formula is C13H10BrClN6. The lowest BCUT2D eigenvalue weighted by molar-refractivity contribution is 0.789. The van der Waals surface area contributed by atoms with E-state index in [1.807, 2.05) is 30.3 Å². The van der Waals surface area contributed by atoms with E-state index >= 15 is 0 Å². The Kier molecular flexibility index (Phi) is 4.12. The average molecular weight is 366 g/mol. The second-order valence-corrected chi connectivity index (χ2v) is 5.44. The van der Waals surface area contributed by atoms with E-state index in [2.05, 4.69) is 41.8 Å². The summed E-state index contributed by atoms with van der Waals surface area (Å²) in [6.45, 7) is 0.568. The molecule has 0 aliphatic heterocycles. The summed E-state index contributed by atoms with van der Waals surface area (Å²) in [5.41, 5.74) is 2.54. The number of benzene rings is 1. The van der Waals surface area contributed by atoms with Crippen LogP contribution in [0.1, 0.15) is 5.69 Å². The van der Waals surface area contributed by atoms with Crippen molar-refractivity contribution in [1.29, 1.82) is 0 Å². The molecule has 0 spiro atoms. The molecule has 0 saturated carbocycles. The Labute approximate surface area is 134 Å². The molecule has 0 bridgehead atoms. The Hall–Kier alpha value is -1.99. The number of tetrazole rings is 1. The van der Waals surface area contributed by atoms with Gasteiger partial charge in [-0.1, -0.05) is 17.7 Å². The van der Waals surface area contributed by atoms with Gasteiger partial charge in [-0.15, -0.1) is 5.10 Å². The van der Waals surface area contributed by atoms with Crippen LogP contribution in [0.15, 0.2) is 47.3 Å². The molecule has 2 aromatic heterocycles. The summed E-state index contributed by atoms with van der Waals surface area (Å²) in [6.07, 6.45) is 1.53. The highest BCUT2D eigenvalue weighted by molar-refractivity contribution is 9.10. The van der Waals surface area contributed by atoms with Crippen molar-refractivity contribution in [1.82, 2.24) is 25.2 Å². The summed E-state index contributed by atoms with van der Waals surface area (Å²) < 4.78 is 2.37. The van der Waals surface area contributed by atoms with Crippen LogP contribution in [-0.2, 0) is 6.54 Å². The molecule has 1 aromatic carbocycles. The Morgan fingerprint density at radius 1 is 1.24 bits per heavy atom. The molecule has 0 aliphatic rings. The lowest BCUT2D eigenvalue weighted by Gasteiger charge is -2.10. The number of aromatic nitrogens is 5. The van der Waals surface area contributed by atoms with E-state index in [-0.39, 0.29) is 0 Å². The van der Waals surface area contributed by atoms with Gasteiger partial charge in [0.25, 0.3) is 0 Å². The van der Waals surface area contributed by atoms with Crippen molar-refractivity contribution in [2.75, 3.05) is 5.32 Å². The van der Waals surface area contributed by atoms with Gasteiger partial charge in [0, 0.05) is 0 Å². The van der Waals surface area contributed by atoms with Gasteiger partial charge in [-0.05, 0) is 56.7 Å². The van der Waals surface area contributed by atoms with Gasteiger partial charge >= 0.3 is 0 Å². The molecule has 21 heavy (non-hydrogen) atoms. The van der Waals surface area contributed by atoms with Crippen molar-refractivity contribution in [3.63, 3.8) is 0 Å². The van der Waals surface area contributed by atoms with Crippen LogP contribution in [0.4, 0.5) is 5.69 Å². The monoisotopic (exact) mass is 364 g/mol. The Bertz CT molecular complexity index is 746. The number of hydrogen-bond acceptors (Lipinski definition) is 5. The first kappa shape index (κ1) is 14.0. The second-order valence-electron chi connectivity index (χ2n) is 4.22.